The minimum absolute atomic E-state index is 0.194. The van der Waals surface area contributed by atoms with Crippen molar-refractivity contribution < 1.29 is 17.2 Å². The van der Waals surface area contributed by atoms with Crippen molar-refractivity contribution in [1.29, 1.82) is 0 Å². The smallest absolute Gasteiger partial charge is 0.240 e. The van der Waals surface area contributed by atoms with E-state index in [0.717, 1.165) is 17.7 Å². The average Bonchev–Trinajstić information content (AvgIpc) is 2.51. The van der Waals surface area contributed by atoms with Gasteiger partial charge in [-0.2, -0.15) is 0 Å². The lowest BCUT2D eigenvalue weighted by Crippen LogP contribution is -2.31. The van der Waals surface area contributed by atoms with Gasteiger partial charge in [-0.15, -0.1) is 0 Å². The van der Waals surface area contributed by atoms with Crippen LogP contribution in [-0.4, -0.2) is 21.5 Å². The van der Waals surface area contributed by atoms with Gasteiger partial charge in [0.15, 0.2) is 11.6 Å². The summed E-state index contributed by atoms with van der Waals surface area (Å²) in [5, 5.41) is 2.97. The first-order valence-corrected chi connectivity index (χ1v) is 8.58. The predicted octanol–water partition coefficient (Wildman–Crippen LogP) is 2.34. The van der Waals surface area contributed by atoms with E-state index in [1.54, 1.807) is 24.3 Å². The zero-order chi connectivity index (χ0) is 16.9. The van der Waals surface area contributed by atoms with Gasteiger partial charge in [0.1, 0.15) is 0 Å². The minimum atomic E-state index is -3.53. The Morgan fingerprint density at radius 1 is 0.957 bits per heavy atom. The molecule has 0 amide bonds. The Kier molecular flexibility index (Phi) is 5.81. The van der Waals surface area contributed by atoms with Crippen LogP contribution in [0.5, 0.6) is 0 Å². The molecule has 2 aromatic rings. The number of rotatable bonds is 7. The molecule has 0 atom stereocenters. The summed E-state index contributed by atoms with van der Waals surface area (Å²) < 4.78 is 52.4. The Balaban J connectivity index is 1.78. The van der Waals surface area contributed by atoms with E-state index < -0.39 is 21.7 Å². The molecule has 0 saturated carbocycles. The van der Waals surface area contributed by atoms with Crippen LogP contribution in [0.1, 0.15) is 11.1 Å². The van der Waals surface area contributed by atoms with Crippen LogP contribution >= 0.6 is 0 Å². The lowest BCUT2D eigenvalue weighted by atomic mass is 10.2. The van der Waals surface area contributed by atoms with E-state index in [-0.39, 0.29) is 11.4 Å². The molecule has 0 aromatic heterocycles. The summed E-state index contributed by atoms with van der Waals surface area (Å²) in [6, 6.07) is 10.2. The van der Waals surface area contributed by atoms with E-state index in [9.17, 15) is 17.2 Å². The number of benzene rings is 2. The van der Waals surface area contributed by atoms with Gasteiger partial charge in [0, 0.05) is 19.6 Å². The van der Waals surface area contributed by atoms with Crippen molar-refractivity contribution in [1.82, 2.24) is 10.0 Å². The number of nitrogens with one attached hydrogen (secondary N) is 2. The normalized spacial score (nSPS) is 11.6. The maximum absolute atomic E-state index is 13.0. The third-order valence-electron chi connectivity index (χ3n) is 3.24. The Morgan fingerprint density at radius 3 is 2.30 bits per heavy atom. The Morgan fingerprint density at radius 2 is 1.65 bits per heavy atom. The molecule has 0 aliphatic carbocycles. The number of hydrogen-bond donors (Lipinski definition) is 2. The van der Waals surface area contributed by atoms with E-state index in [2.05, 4.69) is 10.0 Å². The van der Waals surface area contributed by atoms with Crippen molar-refractivity contribution >= 4 is 10.0 Å². The number of halogens is 2. The molecule has 7 heteroatoms. The van der Waals surface area contributed by atoms with Crippen LogP contribution in [0.15, 0.2) is 47.4 Å². The molecule has 0 aliphatic rings. The van der Waals surface area contributed by atoms with Crippen LogP contribution in [-0.2, 0) is 16.6 Å². The van der Waals surface area contributed by atoms with Gasteiger partial charge in [0.25, 0.3) is 0 Å². The minimum Gasteiger partial charge on any atom is -0.311 e. The second-order valence-electron chi connectivity index (χ2n) is 5.14. The van der Waals surface area contributed by atoms with E-state index in [4.69, 9.17) is 0 Å². The van der Waals surface area contributed by atoms with Gasteiger partial charge in [0.05, 0.1) is 4.90 Å². The van der Waals surface area contributed by atoms with Crippen molar-refractivity contribution in [2.45, 2.75) is 18.4 Å². The number of sulfonamides is 1. The molecule has 2 rings (SSSR count). The molecule has 0 heterocycles. The third-order valence-corrected chi connectivity index (χ3v) is 4.72. The van der Waals surface area contributed by atoms with E-state index >= 15 is 0 Å². The first-order valence-electron chi connectivity index (χ1n) is 7.09. The van der Waals surface area contributed by atoms with Crippen molar-refractivity contribution in [2.75, 3.05) is 13.1 Å². The molecule has 0 unspecified atom stereocenters. The molecule has 2 aromatic carbocycles. The molecule has 2 N–H and O–H groups in total. The Hall–Kier alpha value is -1.83. The summed E-state index contributed by atoms with van der Waals surface area (Å²) in [6.45, 7) is 2.76. The molecule has 0 fully saturated rings. The fraction of sp³-hybridized carbons (Fsp3) is 0.250. The van der Waals surface area contributed by atoms with Crippen molar-refractivity contribution in [3.05, 3.63) is 65.2 Å². The molecule has 0 spiro atoms. The first kappa shape index (κ1) is 17.5. The highest BCUT2D eigenvalue weighted by Crippen LogP contribution is 2.10. The highest BCUT2D eigenvalue weighted by Gasteiger charge is 2.12. The second-order valence-corrected chi connectivity index (χ2v) is 6.90. The summed E-state index contributed by atoms with van der Waals surface area (Å²) in [6.07, 6.45) is 0. The van der Waals surface area contributed by atoms with Crippen molar-refractivity contribution in [3.8, 4) is 0 Å². The van der Waals surface area contributed by atoms with Crippen LogP contribution in [0.2, 0.25) is 0 Å². The topological polar surface area (TPSA) is 58.2 Å². The average molecular weight is 340 g/mol. The van der Waals surface area contributed by atoms with Crippen LogP contribution in [0.4, 0.5) is 8.78 Å². The van der Waals surface area contributed by atoms with Gasteiger partial charge in [-0.05, 0) is 36.8 Å². The van der Waals surface area contributed by atoms with Gasteiger partial charge < -0.3 is 5.32 Å². The molecular weight excluding hydrogens is 322 g/mol. The number of hydrogen-bond acceptors (Lipinski definition) is 3. The Labute approximate surface area is 134 Å². The zero-order valence-corrected chi connectivity index (χ0v) is 13.5. The van der Waals surface area contributed by atoms with E-state index in [1.165, 1.54) is 6.07 Å². The monoisotopic (exact) mass is 340 g/mol. The molecular formula is C16H18F2N2O2S. The molecule has 0 radical (unpaired) electrons. The summed E-state index contributed by atoms with van der Waals surface area (Å²) in [5.41, 5.74) is 1.57. The predicted molar refractivity (Wildman–Crippen MR) is 84.4 cm³/mol. The van der Waals surface area contributed by atoms with Crippen molar-refractivity contribution in [3.63, 3.8) is 0 Å². The zero-order valence-electron chi connectivity index (χ0n) is 12.6. The van der Waals surface area contributed by atoms with E-state index in [1.807, 2.05) is 6.92 Å². The van der Waals surface area contributed by atoms with Crippen LogP contribution in [0.25, 0.3) is 0 Å². The lowest BCUT2D eigenvalue weighted by molar-refractivity contribution is 0.506. The molecule has 0 saturated heterocycles. The lowest BCUT2D eigenvalue weighted by Gasteiger charge is -2.08. The van der Waals surface area contributed by atoms with Gasteiger partial charge in [-0.3, -0.25) is 0 Å². The highest BCUT2D eigenvalue weighted by atomic mass is 32.2. The van der Waals surface area contributed by atoms with E-state index in [0.29, 0.717) is 18.7 Å². The molecule has 4 nitrogen and oxygen atoms in total. The maximum atomic E-state index is 13.0. The maximum Gasteiger partial charge on any atom is 0.240 e. The standard InChI is InChI=1S/C16H18F2N2O2S/c1-12-2-5-14(6-3-12)23(21,22)20-9-8-19-11-13-4-7-15(17)16(18)10-13/h2-7,10,19-20H,8-9,11H2,1H3. The molecule has 0 aliphatic heterocycles. The summed E-state index contributed by atoms with van der Waals surface area (Å²) in [5.74, 6) is -1.79. The molecule has 23 heavy (non-hydrogen) atoms. The quantitative estimate of drug-likeness (QED) is 0.761. The fourth-order valence-electron chi connectivity index (χ4n) is 1.96. The third kappa shape index (κ3) is 5.09. The SMILES string of the molecule is Cc1ccc(S(=O)(=O)NCCNCc2ccc(F)c(F)c2)cc1. The largest absolute Gasteiger partial charge is 0.311 e. The van der Waals surface area contributed by atoms with Gasteiger partial charge in [-0.1, -0.05) is 23.8 Å². The van der Waals surface area contributed by atoms with Gasteiger partial charge in [0.2, 0.25) is 10.0 Å². The molecule has 0 bridgehead atoms. The van der Waals surface area contributed by atoms with Gasteiger partial charge in [-0.25, -0.2) is 21.9 Å². The van der Waals surface area contributed by atoms with Crippen LogP contribution in [0.3, 0.4) is 0 Å². The first-order chi connectivity index (χ1) is 10.9. The van der Waals surface area contributed by atoms with Crippen molar-refractivity contribution in [2.24, 2.45) is 0 Å². The van der Waals surface area contributed by atoms with Crippen LogP contribution in [0, 0.1) is 18.6 Å². The molecule has 124 valence electrons. The second kappa shape index (κ2) is 7.63. The Bertz CT molecular complexity index is 762. The summed E-state index contributed by atoms with van der Waals surface area (Å²) >= 11 is 0. The van der Waals surface area contributed by atoms with Gasteiger partial charge >= 0.3 is 0 Å². The van der Waals surface area contributed by atoms with Crippen LogP contribution < -0.4 is 10.0 Å². The summed E-state index contributed by atoms with van der Waals surface area (Å²) in [4.78, 5) is 0.212. The fourth-order valence-corrected chi connectivity index (χ4v) is 2.99. The summed E-state index contributed by atoms with van der Waals surface area (Å²) in [7, 11) is -3.53. The highest BCUT2D eigenvalue weighted by molar-refractivity contribution is 7.89. The number of aryl methyl sites for hydroxylation is 1.